The molecule has 0 saturated carbocycles. The van der Waals surface area contributed by atoms with Crippen LogP contribution in [0.2, 0.25) is 0 Å². The molecule has 4 rings (SSSR count). The van der Waals surface area contributed by atoms with E-state index in [0.717, 1.165) is 11.1 Å². The Morgan fingerprint density at radius 1 is 0.594 bits per heavy atom. The summed E-state index contributed by atoms with van der Waals surface area (Å²) in [5.41, 5.74) is 0.357. The molecule has 8 nitrogen and oxygen atoms in total. The van der Waals surface area contributed by atoms with Crippen LogP contribution in [-0.4, -0.2) is 28.4 Å². The number of rotatable bonds is 5. The second-order valence-electron chi connectivity index (χ2n) is 7.23. The predicted octanol–water partition coefficient (Wildman–Crippen LogP) is 4.22. The molecule has 0 unspecified atom stereocenters. The number of ether oxygens (including phenoxy) is 4. The van der Waals surface area contributed by atoms with Gasteiger partial charge in [-0.15, -0.1) is 0 Å². The van der Waals surface area contributed by atoms with Crippen molar-refractivity contribution in [1.82, 2.24) is 0 Å². The van der Waals surface area contributed by atoms with Crippen LogP contribution in [0.25, 0.3) is 33.1 Å². The Morgan fingerprint density at radius 3 is 1.28 bits per heavy atom. The molecule has 8 heteroatoms. The fraction of sp³-hybridized carbons (Fsp3) is 0.250. The van der Waals surface area contributed by atoms with E-state index in [9.17, 15) is 9.59 Å². The largest absolute Gasteiger partial charge is 0.497 e. The highest BCUT2D eigenvalue weighted by atomic mass is 16.5. The van der Waals surface area contributed by atoms with Gasteiger partial charge in [-0.3, -0.25) is 0 Å². The fourth-order valence-corrected chi connectivity index (χ4v) is 4.00. The van der Waals surface area contributed by atoms with E-state index in [-0.39, 0.29) is 33.8 Å². The predicted molar refractivity (Wildman–Crippen MR) is 120 cm³/mol. The summed E-state index contributed by atoms with van der Waals surface area (Å²) in [5, 5.41) is 1.08. The van der Waals surface area contributed by atoms with Crippen molar-refractivity contribution in [1.29, 1.82) is 0 Å². The Labute approximate surface area is 182 Å². The van der Waals surface area contributed by atoms with Crippen molar-refractivity contribution >= 4 is 21.9 Å². The molecule has 32 heavy (non-hydrogen) atoms. The number of hydrogen-bond donors (Lipinski definition) is 0. The van der Waals surface area contributed by atoms with Crippen molar-refractivity contribution in [3.63, 3.8) is 0 Å². The molecular formula is C24H22O8. The molecule has 2 aromatic carbocycles. The van der Waals surface area contributed by atoms with Crippen molar-refractivity contribution in [3.8, 4) is 34.1 Å². The Morgan fingerprint density at radius 2 is 0.969 bits per heavy atom. The maximum atomic E-state index is 13.1. The third-order valence-corrected chi connectivity index (χ3v) is 5.40. The maximum Gasteiger partial charge on any atom is 0.348 e. The Kier molecular flexibility index (Phi) is 5.30. The second-order valence-corrected chi connectivity index (χ2v) is 7.23. The molecule has 2 aromatic heterocycles. The smallest absolute Gasteiger partial charge is 0.348 e. The zero-order valence-corrected chi connectivity index (χ0v) is 18.6. The molecule has 0 bridgehead atoms. The highest BCUT2D eigenvalue weighted by molar-refractivity contribution is 5.99. The number of hydrogen-bond acceptors (Lipinski definition) is 8. The number of fused-ring (bicyclic) bond motifs is 2. The van der Waals surface area contributed by atoms with E-state index in [1.165, 1.54) is 28.4 Å². The Bertz CT molecular complexity index is 1360. The first-order valence-corrected chi connectivity index (χ1v) is 9.73. The van der Waals surface area contributed by atoms with Crippen molar-refractivity contribution in [2.75, 3.05) is 28.4 Å². The van der Waals surface area contributed by atoms with Gasteiger partial charge < -0.3 is 27.8 Å². The topological polar surface area (TPSA) is 97.3 Å². The van der Waals surface area contributed by atoms with Gasteiger partial charge in [0.25, 0.3) is 0 Å². The van der Waals surface area contributed by atoms with Gasteiger partial charge in [-0.25, -0.2) is 9.59 Å². The van der Waals surface area contributed by atoms with Gasteiger partial charge in [0.2, 0.25) is 0 Å². The molecule has 166 valence electrons. The number of benzene rings is 2. The van der Waals surface area contributed by atoms with E-state index < -0.39 is 11.3 Å². The van der Waals surface area contributed by atoms with Crippen LogP contribution < -0.4 is 30.2 Å². The van der Waals surface area contributed by atoms with Crippen LogP contribution in [0.5, 0.6) is 23.0 Å². The third-order valence-electron chi connectivity index (χ3n) is 5.40. The third kappa shape index (κ3) is 3.15. The van der Waals surface area contributed by atoms with Crippen LogP contribution in [-0.2, 0) is 0 Å². The van der Waals surface area contributed by atoms with Gasteiger partial charge in [0.05, 0.1) is 39.2 Å². The normalized spacial score (nSPS) is 11.1. The van der Waals surface area contributed by atoms with E-state index >= 15 is 0 Å². The van der Waals surface area contributed by atoms with Gasteiger partial charge in [0, 0.05) is 12.1 Å². The molecular weight excluding hydrogens is 416 g/mol. The lowest BCUT2D eigenvalue weighted by Gasteiger charge is -2.16. The minimum absolute atomic E-state index is 0.0732. The lowest BCUT2D eigenvalue weighted by molar-refractivity contribution is 0.403. The molecule has 0 amide bonds. The van der Waals surface area contributed by atoms with Crippen LogP contribution in [0, 0.1) is 13.8 Å². The molecule has 0 atom stereocenters. The summed E-state index contributed by atoms with van der Waals surface area (Å²) in [6.07, 6.45) is 0. The number of aryl methyl sites for hydroxylation is 2. The summed E-state index contributed by atoms with van der Waals surface area (Å²) >= 11 is 0. The van der Waals surface area contributed by atoms with E-state index in [0.29, 0.717) is 22.3 Å². The molecule has 0 saturated heterocycles. The van der Waals surface area contributed by atoms with Gasteiger partial charge in [-0.05, 0) is 37.1 Å². The van der Waals surface area contributed by atoms with E-state index in [4.69, 9.17) is 27.8 Å². The van der Waals surface area contributed by atoms with Gasteiger partial charge in [0.15, 0.2) is 0 Å². The first-order chi connectivity index (χ1) is 15.3. The lowest BCUT2D eigenvalue weighted by atomic mass is 9.99. The van der Waals surface area contributed by atoms with Crippen molar-refractivity contribution in [2.45, 2.75) is 13.8 Å². The average Bonchev–Trinajstić information content (AvgIpc) is 2.77. The molecule has 0 spiro atoms. The molecule has 0 fully saturated rings. The minimum Gasteiger partial charge on any atom is -0.497 e. The van der Waals surface area contributed by atoms with Crippen LogP contribution >= 0.6 is 0 Å². The Hall–Kier alpha value is -3.94. The molecule has 0 aliphatic carbocycles. The molecule has 4 aromatic rings. The monoisotopic (exact) mass is 438 g/mol. The standard InChI is InChI=1S/C24H22O8/c1-11-7-13(27-3)9-15-17(11)21(29-5)19(23(25)31-15)20-22(30-6)18-12(2)8-14(28-4)10-16(18)32-24(20)26/h7-10H,1-6H3. The second kappa shape index (κ2) is 7.96. The summed E-state index contributed by atoms with van der Waals surface area (Å²) in [5.74, 6) is 1.43. The van der Waals surface area contributed by atoms with Gasteiger partial charge in [0.1, 0.15) is 45.3 Å². The highest BCUT2D eigenvalue weighted by Crippen LogP contribution is 2.42. The van der Waals surface area contributed by atoms with E-state index in [1.54, 1.807) is 24.3 Å². The molecule has 2 heterocycles. The molecule has 0 aliphatic heterocycles. The zero-order chi connectivity index (χ0) is 23.2. The van der Waals surface area contributed by atoms with E-state index in [1.807, 2.05) is 13.8 Å². The highest BCUT2D eigenvalue weighted by Gasteiger charge is 2.28. The summed E-state index contributed by atoms with van der Waals surface area (Å²) < 4.78 is 32.9. The van der Waals surface area contributed by atoms with Crippen LogP contribution in [0.1, 0.15) is 11.1 Å². The summed E-state index contributed by atoms with van der Waals surface area (Å²) in [6, 6.07) is 6.75. The van der Waals surface area contributed by atoms with Crippen molar-refractivity contribution in [3.05, 3.63) is 56.2 Å². The Balaban J connectivity index is 2.19. The summed E-state index contributed by atoms with van der Waals surface area (Å²) in [7, 11) is 5.89. The zero-order valence-electron chi connectivity index (χ0n) is 18.6. The average molecular weight is 438 g/mol. The number of methoxy groups -OCH3 is 4. The van der Waals surface area contributed by atoms with Crippen LogP contribution in [0.4, 0.5) is 0 Å². The fourth-order valence-electron chi connectivity index (χ4n) is 4.00. The molecule has 0 radical (unpaired) electrons. The quantitative estimate of drug-likeness (QED) is 0.427. The first-order valence-electron chi connectivity index (χ1n) is 9.73. The first kappa shape index (κ1) is 21.3. The van der Waals surface area contributed by atoms with Gasteiger partial charge >= 0.3 is 11.3 Å². The van der Waals surface area contributed by atoms with Crippen LogP contribution in [0.3, 0.4) is 0 Å². The van der Waals surface area contributed by atoms with E-state index in [2.05, 4.69) is 0 Å². The van der Waals surface area contributed by atoms with Gasteiger partial charge in [-0.1, -0.05) is 0 Å². The SMILES string of the molecule is COc1cc(C)c2c(OC)c(-c3c(OC)c4c(C)cc(OC)cc4oc3=O)c(=O)oc2c1. The van der Waals surface area contributed by atoms with Gasteiger partial charge in [-0.2, -0.15) is 0 Å². The van der Waals surface area contributed by atoms with Crippen LogP contribution in [0.15, 0.2) is 42.7 Å². The lowest BCUT2D eigenvalue weighted by Crippen LogP contribution is -2.15. The van der Waals surface area contributed by atoms with Crippen molar-refractivity contribution < 1.29 is 27.8 Å². The summed E-state index contributed by atoms with van der Waals surface area (Å²) in [6.45, 7) is 3.65. The van der Waals surface area contributed by atoms with Crippen molar-refractivity contribution in [2.24, 2.45) is 0 Å². The molecule has 0 aliphatic rings. The molecule has 0 N–H and O–H groups in total. The maximum absolute atomic E-state index is 13.1. The summed E-state index contributed by atoms with van der Waals surface area (Å²) in [4.78, 5) is 26.2. The minimum atomic E-state index is -0.766.